The lowest BCUT2D eigenvalue weighted by molar-refractivity contribution is -0.152. The van der Waals surface area contributed by atoms with E-state index in [9.17, 15) is 18.4 Å². The fraction of sp³-hybridized carbons (Fsp3) is 0.923. The van der Waals surface area contributed by atoms with Crippen molar-refractivity contribution >= 4 is 0 Å². The summed E-state index contributed by atoms with van der Waals surface area (Å²) in [5.74, 6) is 0. The molecule has 2 unspecified atom stereocenters. The van der Waals surface area contributed by atoms with E-state index in [1.807, 2.05) is 6.92 Å². The standard InChI is InChI=1S/C13H22F3N3/c1-3-18-12(9-17)7-5-6-11(8-12)19(4-2)10-13(14,15)16/h11,18H,3-8,10H2,1-2H3. The Labute approximate surface area is 112 Å². The van der Waals surface area contributed by atoms with E-state index in [4.69, 9.17) is 0 Å². The van der Waals surface area contributed by atoms with Gasteiger partial charge in [0.05, 0.1) is 12.6 Å². The number of nitriles is 1. The average molecular weight is 277 g/mol. The molecular formula is C13H22F3N3. The Morgan fingerprint density at radius 2 is 2.11 bits per heavy atom. The summed E-state index contributed by atoms with van der Waals surface area (Å²) in [7, 11) is 0. The molecule has 0 radical (unpaired) electrons. The largest absolute Gasteiger partial charge is 0.401 e. The molecule has 2 atom stereocenters. The van der Waals surface area contributed by atoms with Gasteiger partial charge in [0.1, 0.15) is 5.54 Å². The normalized spacial score (nSPS) is 28.4. The van der Waals surface area contributed by atoms with Crippen molar-refractivity contribution in [1.82, 2.24) is 10.2 Å². The third kappa shape index (κ3) is 4.66. The highest BCUT2D eigenvalue weighted by Crippen LogP contribution is 2.32. The number of hydrogen-bond acceptors (Lipinski definition) is 3. The van der Waals surface area contributed by atoms with Gasteiger partial charge in [-0.05, 0) is 38.8 Å². The molecule has 1 saturated carbocycles. The summed E-state index contributed by atoms with van der Waals surface area (Å²) in [6.07, 6.45) is -1.46. The van der Waals surface area contributed by atoms with Crippen molar-refractivity contribution in [1.29, 1.82) is 5.26 Å². The van der Waals surface area contributed by atoms with E-state index >= 15 is 0 Å². The van der Waals surface area contributed by atoms with Crippen molar-refractivity contribution in [2.24, 2.45) is 0 Å². The molecule has 0 aliphatic heterocycles. The van der Waals surface area contributed by atoms with E-state index < -0.39 is 18.3 Å². The number of halogens is 3. The van der Waals surface area contributed by atoms with Gasteiger partial charge in [-0.2, -0.15) is 18.4 Å². The van der Waals surface area contributed by atoms with E-state index in [1.165, 1.54) is 4.90 Å². The molecule has 19 heavy (non-hydrogen) atoms. The van der Waals surface area contributed by atoms with Gasteiger partial charge in [0, 0.05) is 6.04 Å². The molecule has 0 aromatic carbocycles. The van der Waals surface area contributed by atoms with Crippen LogP contribution in [-0.4, -0.2) is 42.3 Å². The van der Waals surface area contributed by atoms with Crippen LogP contribution in [0.2, 0.25) is 0 Å². The van der Waals surface area contributed by atoms with E-state index in [0.29, 0.717) is 19.5 Å². The highest BCUT2D eigenvalue weighted by Gasteiger charge is 2.40. The first-order valence-corrected chi connectivity index (χ1v) is 6.83. The van der Waals surface area contributed by atoms with Crippen molar-refractivity contribution < 1.29 is 13.2 Å². The van der Waals surface area contributed by atoms with E-state index in [-0.39, 0.29) is 6.04 Å². The third-order valence-corrected chi connectivity index (χ3v) is 3.76. The van der Waals surface area contributed by atoms with E-state index in [2.05, 4.69) is 11.4 Å². The molecule has 1 aliphatic rings. The van der Waals surface area contributed by atoms with Gasteiger partial charge in [0.15, 0.2) is 0 Å². The van der Waals surface area contributed by atoms with Crippen molar-refractivity contribution in [2.45, 2.75) is 57.3 Å². The Hall–Kier alpha value is -0.800. The van der Waals surface area contributed by atoms with Gasteiger partial charge in [-0.25, -0.2) is 0 Å². The Balaban J connectivity index is 2.74. The number of nitrogens with zero attached hydrogens (tertiary/aromatic N) is 2. The van der Waals surface area contributed by atoms with Crippen LogP contribution < -0.4 is 5.32 Å². The summed E-state index contributed by atoms with van der Waals surface area (Å²) in [6, 6.07) is 2.10. The number of alkyl halides is 3. The van der Waals surface area contributed by atoms with Crippen LogP contribution in [0.25, 0.3) is 0 Å². The first kappa shape index (κ1) is 16.3. The zero-order valence-electron chi connectivity index (χ0n) is 11.6. The lowest BCUT2D eigenvalue weighted by atomic mass is 9.79. The lowest BCUT2D eigenvalue weighted by Gasteiger charge is -2.41. The minimum Gasteiger partial charge on any atom is -0.300 e. The van der Waals surface area contributed by atoms with Gasteiger partial charge in [0.25, 0.3) is 0 Å². The summed E-state index contributed by atoms with van der Waals surface area (Å²) in [4.78, 5) is 1.45. The second-order valence-corrected chi connectivity index (χ2v) is 5.15. The number of rotatable bonds is 5. The van der Waals surface area contributed by atoms with Crippen LogP contribution in [0.15, 0.2) is 0 Å². The molecule has 0 aromatic heterocycles. The first-order valence-electron chi connectivity index (χ1n) is 6.83. The molecule has 0 amide bonds. The maximum atomic E-state index is 12.5. The Morgan fingerprint density at radius 3 is 2.58 bits per heavy atom. The zero-order valence-corrected chi connectivity index (χ0v) is 11.6. The highest BCUT2D eigenvalue weighted by atomic mass is 19.4. The number of hydrogen-bond donors (Lipinski definition) is 1. The zero-order chi connectivity index (χ0) is 14.5. The summed E-state index contributed by atoms with van der Waals surface area (Å²) in [5.41, 5.74) is -0.656. The molecule has 0 aromatic rings. The molecule has 0 spiro atoms. The molecule has 0 saturated heterocycles. The van der Waals surface area contributed by atoms with Crippen molar-refractivity contribution in [3.8, 4) is 6.07 Å². The highest BCUT2D eigenvalue weighted by molar-refractivity contribution is 5.11. The van der Waals surface area contributed by atoms with Crippen molar-refractivity contribution in [3.05, 3.63) is 0 Å². The monoisotopic (exact) mass is 277 g/mol. The van der Waals surface area contributed by atoms with Gasteiger partial charge in [-0.15, -0.1) is 0 Å². The summed E-state index contributed by atoms with van der Waals surface area (Å²) in [5, 5.41) is 12.5. The predicted octanol–water partition coefficient (Wildman–Crippen LogP) is 2.69. The fourth-order valence-electron chi connectivity index (χ4n) is 2.93. The first-order chi connectivity index (χ1) is 8.86. The summed E-state index contributed by atoms with van der Waals surface area (Å²) in [6.45, 7) is 3.78. The molecule has 1 aliphatic carbocycles. The Bertz CT molecular complexity index is 320. The maximum Gasteiger partial charge on any atom is 0.401 e. The van der Waals surface area contributed by atoms with Gasteiger partial charge in [0.2, 0.25) is 0 Å². The molecule has 1 rings (SSSR count). The summed E-state index contributed by atoms with van der Waals surface area (Å²) < 4.78 is 37.6. The molecule has 1 fully saturated rings. The third-order valence-electron chi connectivity index (χ3n) is 3.76. The van der Waals surface area contributed by atoms with Gasteiger partial charge in [-0.1, -0.05) is 13.8 Å². The van der Waals surface area contributed by atoms with Crippen LogP contribution in [0, 0.1) is 11.3 Å². The van der Waals surface area contributed by atoms with Gasteiger partial charge >= 0.3 is 6.18 Å². The molecule has 3 nitrogen and oxygen atoms in total. The van der Waals surface area contributed by atoms with E-state index in [1.54, 1.807) is 6.92 Å². The Kier molecular flexibility index (Phi) is 5.63. The van der Waals surface area contributed by atoms with Crippen molar-refractivity contribution in [2.75, 3.05) is 19.6 Å². The molecule has 6 heteroatoms. The maximum absolute atomic E-state index is 12.5. The fourth-order valence-corrected chi connectivity index (χ4v) is 2.93. The second kappa shape index (κ2) is 6.58. The van der Waals surface area contributed by atoms with Crippen LogP contribution in [0.3, 0.4) is 0 Å². The average Bonchev–Trinajstić information content (AvgIpc) is 2.35. The van der Waals surface area contributed by atoms with Crippen LogP contribution in [0.5, 0.6) is 0 Å². The minimum absolute atomic E-state index is 0.168. The van der Waals surface area contributed by atoms with Crippen LogP contribution in [0.4, 0.5) is 13.2 Å². The number of nitrogens with one attached hydrogen (secondary N) is 1. The smallest absolute Gasteiger partial charge is 0.300 e. The van der Waals surface area contributed by atoms with Crippen molar-refractivity contribution in [3.63, 3.8) is 0 Å². The molecule has 110 valence electrons. The lowest BCUT2D eigenvalue weighted by Crippen LogP contribution is -2.54. The molecular weight excluding hydrogens is 255 g/mol. The quantitative estimate of drug-likeness (QED) is 0.839. The molecule has 0 heterocycles. The molecule has 0 bridgehead atoms. The van der Waals surface area contributed by atoms with Crippen LogP contribution >= 0.6 is 0 Å². The predicted molar refractivity (Wildman–Crippen MR) is 67.6 cm³/mol. The second-order valence-electron chi connectivity index (χ2n) is 5.15. The van der Waals surface area contributed by atoms with Gasteiger partial charge < -0.3 is 0 Å². The Morgan fingerprint density at radius 1 is 1.42 bits per heavy atom. The van der Waals surface area contributed by atoms with E-state index in [0.717, 1.165) is 19.3 Å². The molecule has 1 N–H and O–H groups in total. The van der Waals surface area contributed by atoms with Crippen LogP contribution in [0.1, 0.15) is 39.5 Å². The topological polar surface area (TPSA) is 39.1 Å². The van der Waals surface area contributed by atoms with Gasteiger partial charge in [-0.3, -0.25) is 10.2 Å². The minimum atomic E-state index is -4.18. The SMILES string of the molecule is CCNC1(C#N)CCCC(N(CC)CC(F)(F)F)C1. The van der Waals surface area contributed by atoms with Crippen LogP contribution in [-0.2, 0) is 0 Å². The summed E-state index contributed by atoms with van der Waals surface area (Å²) >= 11 is 0.